The van der Waals surface area contributed by atoms with Gasteiger partial charge in [-0.1, -0.05) is 54.8 Å². The Morgan fingerprint density at radius 1 is 1.10 bits per heavy atom. The van der Waals surface area contributed by atoms with E-state index in [1.165, 1.54) is 6.33 Å². The lowest BCUT2D eigenvalue weighted by molar-refractivity contribution is -0.124. The van der Waals surface area contributed by atoms with Crippen LogP contribution >= 0.6 is 11.6 Å². The summed E-state index contributed by atoms with van der Waals surface area (Å²) >= 11 is 6.21. The van der Waals surface area contributed by atoms with Crippen LogP contribution in [0.25, 0.3) is 0 Å². The summed E-state index contributed by atoms with van der Waals surface area (Å²) in [7, 11) is -3.52. The lowest BCUT2D eigenvalue weighted by Crippen LogP contribution is -2.59. The van der Waals surface area contributed by atoms with Crippen LogP contribution in [0.5, 0.6) is 0 Å². The minimum absolute atomic E-state index is 0.218. The van der Waals surface area contributed by atoms with E-state index in [1.54, 1.807) is 40.2 Å². The number of amides is 2. The smallest absolute Gasteiger partial charge is 0.255 e. The van der Waals surface area contributed by atoms with Gasteiger partial charge in [0.2, 0.25) is 15.9 Å². The van der Waals surface area contributed by atoms with Crippen molar-refractivity contribution in [1.29, 1.82) is 0 Å². The number of sulfonamides is 1. The molecule has 2 heterocycles. The van der Waals surface area contributed by atoms with Gasteiger partial charge in [0, 0.05) is 29.2 Å². The van der Waals surface area contributed by atoms with Gasteiger partial charge in [-0.15, -0.1) is 0 Å². The molecular weight excluding hydrogens is 540 g/mol. The highest BCUT2D eigenvalue weighted by atomic mass is 35.5. The number of rotatable bonds is 8. The van der Waals surface area contributed by atoms with Gasteiger partial charge in [-0.2, -0.15) is 5.10 Å². The number of nitrogens with zero attached hydrogens (tertiary/aromatic N) is 4. The van der Waals surface area contributed by atoms with Crippen LogP contribution in [-0.2, 0) is 21.4 Å². The second-order valence-corrected chi connectivity index (χ2v) is 12.3. The average Bonchev–Trinajstić information content (AvgIpc) is 3.42. The first kappa shape index (κ1) is 27.3. The van der Waals surface area contributed by atoms with Crippen molar-refractivity contribution in [1.82, 2.24) is 29.7 Å². The molecule has 39 heavy (non-hydrogen) atoms. The number of nitrogens with one attached hydrogen (secondary N) is 2. The van der Waals surface area contributed by atoms with Gasteiger partial charge >= 0.3 is 0 Å². The first-order valence-corrected chi connectivity index (χ1v) is 15.2. The highest BCUT2D eigenvalue weighted by molar-refractivity contribution is 7.88. The van der Waals surface area contributed by atoms with Crippen LogP contribution in [0.4, 0.5) is 0 Å². The summed E-state index contributed by atoms with van der Waals surface area (Å²) in [4.78, 5) is 33.8. The Labute approximate surface area is 232 Å². The molecule has 0 unspecified atom stereocenters. The summed E-state index contributed by atoms with van der Waals surface area (Å²) < 4.78 is 29.0. The number of halogens is 1. The number of carbonyl (C=O) groups excluding carboxylic acids is 2. The molecule has 12 heteroatoms. The minimum atomic E-state index is -3.52. The predicted molar refractivity (Wildman–Crippen MR) is 147 cm³/mol. The van der Waals surface area contributed by atoms with E-state index in [4.69, 9.17) is 11.6 Å². The molecule has 2 amide bonds. The van der Waals surface area contributed by atoms with Gasteiger partial charge in [-0.25, -0.2) is 18.1 Å². The summed E-state index contributed by atoms with van der Waals surface area (Å²) in [6, 6.07) is 12.8. The normalized spacial score (nSPS) is 23.3. The van der Waals surface area contributed by atoms with E-state index in [2.05, 4.69) is 20.1 Å². The third kappa shape index (κ3) is 6.00. The Hall–Kier alpha value is -3.28. The maximum Gasteiger partial charge on any atom is 0.255 e. The summed E-state index contributed by atoms with van der Waals surface area (Å²) in [6.07, 6.45) is 7.06. The summed E-state index contributed by atoms with van der Waals surface area (Å²) in [6.45, 7) is 0.765. The highest BCUT2D eigenvalue weighted by Crippen LogP contribution is 2.46. The highest BCUT2D eigenvalue weighted by Gasteiger charge is 2.48. The molecule has 1 saturated carbocycles. The number of hydrogen-bond acceptors (Lipinski definition) is 6. The van der Waals surface area contributed by atoms with E-state index in [0.717, 1.165) is 24.7 Å². The predicted octanol–water partition coefficient (Wildman–Crippen LogP) is 2.89. The number of fused-ring (bicyclic) bond motifs is 1. The van der Waals surface area contributed by atoms with E-state index in [9.17, 15) is 18.0 Å². The molecule has 1 fully saturated rings. The van der Waals surface area contributed by atoms with Gasteiger partial charge in [0.05, 0.1) is 24.8 Å². The molecule has 2 aliphatic rings. The van der Waals surface area contributed by atoms with Crippen LogP contribution in [-0.4, -0.2) is 64.8 Å². The topological polar surface area (TPSA) is 126 Å². The van der Waals surface area contributed by atoms with E-state index < -0.39 is 34.1 Å². The van der Waals surface area contributed by atoms with Gasteiger partial charge in [-0.05, 0) is 42.2 Å². The van der Waals surface area contributed by atoms with Gasteiger partial charge in [0.25, 0.3) is 5.91 Å². The van der Waals surface area contributed by atoms with E-state index >= 15 is 0 Å². The Balaban J connectivity index is 1.58. The van der Waals surface area contributed by atoms with E-state index in [1.807, 2.05) is 24.3 Å². The van der Waals surface area contributed by atoms with Crippen molar-refractivity contribution in [3.05, 3.63) is 82.9 Å². The Morgan fingerprint density at radius 2 is 1.85 bits per heavy atom. The Kier molecular flexibility index (Phi) is 8.01. The number of hydrogen-bond donors (Lipinski definition) is 2. The van der Waals surface area contributed by atoms with Crippen LogP contribution < -0.4 is 10.0 Å². The van der Waals surface area contributed by atoms with Crippen molar-refractivity contribution in [2.75, 3.05) is 12.8 Å². The molecule has 1 aliphatic heterocycles. The zero-order valence-corrected chi connectivity index (χ0v) is 23.1. The average molecular weight is 571 g/mol. The molecule has 4 atom stereocenters. The quantitative estimate of drug-likeness (QED) is 0.429. The van der Waals surface area contributed by atoms with Crippen LogP contribution in [0, 0.1) is 0 Å². The standard InChI is InChI=1S/C27H31ClN6O4S/c1-39(37,38)32-22-8-4-5-9-23(22)34-25(18-10-12-19(28)13-11-18)24(20-6-2-3-7-21(20)27(34)36)26(35)30-14-15-33-17-29-16-31-33/h2-3,6-7,10-13,16-17,22-25,32H,4-5,8-9,14-15H2,1H3,(H,30,35)/t22-,23-,24+,25-/m0/s1. The molecule has 10 nitrogen and oxygen atoms in total. The second kappa shape index (κ2) is 11.4. The molecule has 2 N–H and O–H groups in total. The van der Waals surface area contributed by atoms with Gasteiger partial charge in [0.1, 0.15) is 12.7 Å². The van der Waals surface area contributed by atoms with Gasteiger partial charge < -0.3 is 10.2 Å². The summed E-state index contributed by atoms with van der Waals surface area (Å²) in [5.74, 6) is -1.18. The number of aromatic nitrogens is 3. The fourth-order valence-electron chi connectivity index (χ4n) is 5.82. The molecule has 3 aromatic rings. The molecule has 0 bridgehead atoms. The van der Waals surface area contributed by atoms with E-state index in [-0.39, 0.29) is 11.8 Å². The third-order valence-electron chi connectivity index (χ3n) is 7.43. The van der Waals surface area contributed by atoms with Crippen molar-refractivity contribution in [3.8, 4) is 0 Å². The molecule has 1 aliphatic carbocycles. The van der Waals surface area contributed by atoms with Crippen molar-refractivity contribution in [2.24, 2.45) is 0 Å². The lowest BCUT2D eigenvalue weighted by atomic mass is 9.76. The third-order valence-corrected chi connectivity index (χ3v) is 8.41. The largest absolute Gasteiger partial charge is 0.354 e. The molecule has 206 valence electrons. The lowest BCUT2D eigenvalue weighted by Gasteiger charge is -2.49. The first-order chi connectivity index (χ1) is 18.7. The maximum atomic E-state index is 14.2. The van der Waals surface area contributed by atoms with E-state index in [0.29, 0.717) is 42.1 Å². The zero-order valence-electron chi connectivity index (χ0n) is 21.5. The van der Waals surface area contributed by atoms with Gasteiger partial charge in [-0.3, -0.25) is 14.3 Å². The molecular formula is C27H31ClN6O4S. The van der Waals surface area contributed by atoms with Gasteiger partial charge in [0.15, 0.2) is 0 Å². The number of benzene rings is 2. The second-order valence-electron chi connectivity index (χ2n) is 10.1. The molecule has 2 aromatic carbocycles. The van der Waals surface area contributed by atoms with Crippen molar-refractivity contribution in [2.45, 2.75) is 56.3 Å². The first-order valence-electron chi connectivity index (χ1n) is 13.0. The molecule has 0 spiro atoms. The van der Waals surface area contributed by atoms with Crippen LogP contribution in [0.1, 0.15) is 59.1 Å². The SMILES string of the molecule is CS(=O)(=O)N[C@H]1CCCC[C@@H]1N1C(=O)c2ccccc2[C@@H](C(=O)NCCn2cncn2)[C@@H]1c1ccc(Cl)cc1. The van der Waals surface area contributed by atoms with Crippen LogP contribution in [0.2, 0.25) is 5.02 Å². The van der Waals surface area contributed by atoms with Crippen molar-refractivity contribution >= 4 is 33.4 Å². The summed E-state index contributed by atoms with van der Waals surface area (Å²) in [5.41, 5.74) is 1.84. The molecule has 1 aromatic heterocycles. The molecule has 0 radical (unpaired) electrons. The minimum Gasteiger partial charge on any atom is -0.354 e. The molecule has 0 saturated heterocycles. The van der Waals surface area contributed by atoms with Crippen molar-refractivity contribution in [3.63, 3.8) is 0 Å². The van der Waals surface area contributed by atoms with Crippen molar-refractivity contribution < 1.29 is 18.0 Å². The fourth-order valence-corrected chi connectivity index (χ4v) is 6.77. The maximum absolute atomic E-state index is 14.2. The molecule has 5 rings (SSSR count). The van der Waals surface area contributed by atoms with Crippen LogP contribution in [0.3, 0.4) is 0 Å². The monoisotopic (exact) mass is 570 g/mol. The summed E-state index contributed by atoms with van der Waals surface area (Å²) in [5, 5.41) is 7.65. The Bertz CT molecular complexity index is 1430. The number of carbonyl (C=O) groups is 2. The Morgan fingerprint density at radius 3 is 2.56 bits per heavy atom. The van der Waals surface area contributed by atoms with Crippen LogP contribution in [0.15, 0.2) is 61.2 Å². The fraction of sp³-hybridized carbons (Fsp3) is 0.407. The zero-order chi connectivity index (χ0) is 27.6.